The average Bonchev–Trinajstić information content (AvgIpc) is 2.49. The molecule has 0 saturated heterocycles. The molecule has 0 bridgehead atoms. The van der Waals surface area contributed by atoms with E-state index in [1.54, 1.807) is 12.3 Å². The molecule has 98 valence electrons. The molecule has 0 saturated carbocycles. The highest BCUT2D eigenvalue weighted by atomic mass is 35.5. The van der Waals surface area contributed by atoms with E-state index in [0.717, 1.165) is 5.39 Å². The van der Waals surface area contributed by atoms with Crippen LogP contribution in [0.2, 0.25) is 5.15 Å². The quantitative estimate of drug-likeness (QED) is 0.785. The summed E-state index contributed by atoms with van der Waals surface area (Å²) in [5, 5.41) is 3.84. The molecule has 20 heavy (non-hydrogen) atoms. The zero-order valence-corrected chi connectivity index (χ0v) is 11.0. The van der Waals surface area contributed by atoms with Crippen molar-refractivity contribution >= 4 is 34.2 Å². The van der Waals surface area contributed by atoms with Crippen molar-refractivity contribution in [1.29, 1.82) is 0 Å². The molecule has 2 heterocycles. The molecule has 0 unspecified atom stereocenters. The number of nitrogens with one attached hydrogen (secondary N) is 1. The van der Waals surface area contributed by atoms with Gasteiger partial charge in [0.05, 0.1) is 23.5 Å². The van der Waals surface area contributed by atoms with Gasteiger partial charge in [0.15, 0.2) is 5.82 Å². The summed E-state index contributed by atoms with van der Waals surface area (Å²) in [5.74, 6) is 0.0539. The van der Waals surface area contributed by atoms with Crippen LogP contribution in [0.3, 0.4) is 0 Å². The topological polar surface area (TPSA) is 67.8 Å². The van der Waals surface area contributed by atoms with Crippen molar-refractivity contribution < 1.29 is 4.79 Å². The molecule has 3 aromatic rings. The maximum Gasteiger partial charge on any atom is 0.259 e. The first-order chi connectivity index (χ1) is 9.74. The minimum Gasteiger partial charge on any atom is -0.305 e. The smallest absolute Gasteiger partial charge is 0.259 e. The van der Waals surface area contributed by atoms with Crippen molar-refractivity contribution in [2.24, 2.45) is 0 Å². The van der Waals surface area contributed by atoms with E-state index in [-0.39, 0.29) is 11.1 Å². The van der Waals surface area contributed by atoms with Crippen molar-refractivity contribution in [3.8, 4) is 0 Å². The van der Waals surface area contributed by atoms with E-state index in [0.29, 0.717) is 16.9 Å². The van der Waals surface area contributed by atoms with E-state index >= 15 is 0 Å². The number of hydrogen-bond acceptors (Lipinski definition) is 4. The summed E-state index contributed by atoms with van der Waals surface area (Å²) in [5.41, 5.74) is 1.13. The number of nitrogens with zero attached hydrogens (tertiary/aromatic N) is 3. The van der Waals surface area contributed by atoms with Crippen LogP contribution < -0.4 is 5.32 Å². The first-order valence-corrected chi connectivity index (χ1v) is 6.24. The third-order valence-corrected chi connectivity index (χ3v) is 2.93. The Morgan fingerprint density at radius 2 is 1.90 bits per heavy atom. The maximum atomic E-state index is 12.3. The predicted molar refractivity (Wildman–Crippen MR) is 76.7 cm³/mol. The van der Waals surface area contributed by atoms with E-state index in [1.165, 1.54) is 12.4 Å². The number of hydrogen-bond donors (Lipinski definition) is 1. The lowest BCUT2D eigenvalue weighted by Crippen LogP contribution is -2.13. The van der Waals surface area contributed by atoms with Gasteiger partial charge in [-0.2, -0.15) is 0 Å². The minimum absolute atomic E-state index is 0.273. The summed E-state index contributed by atoms with van der Waals surface area (Å²) in [6.07, 6.45) is 4.43. The van der Waals surface area contributed by atoms with Gasteiger partial charge in [0.1, 0.15) is 5.15 Å². The molecule has 0 aliphatic carbocycles. The van der Waals surface area contributed by atoms with Gasteiger partial charge in [0.25, 0.3) is 5.91 Å². The summed E-state index contributed by atoms with van der Waals surface area (Å²) in [6, 6.07) is 9.16. The van der Waals surface area contributed by atoms with Crippen LogP contribution in [0.5, 0.6) is 0 Å². The zero-order chi connectivity index (χ0) is 13.9. The van der Waals surface area contributed by atoms with Crippen molar-refractivity contribution in [1.82, 2.24) is 15.0 Å². The van der Waals surface area contributed by atoms with Gasteiger partial charge in [-0.25, -0.2) is 9.97 Å². The Hall–Kier alpha value is -2.53. The third kappa shape index (κ3) is 2.44. The number of fused-ring (bicyclic) bond motifs is 1. The number of pyridine rings is 1. The Morgan fingerprint density at radius 1 is 1.05 bits per heavy atom. The van der Waals surface area contributed by atoms with Crippen LogP contribution in [0.15, 0.2) is 48.9 Å². The number of benzene rings is 1. The molecular formula is C14H9ClN4O. The van der Waals surface area contributed by atoms with Crippen LogP contribution in [0.4, 0.5) is 5.82 Å². The van der Waals surface area contributed by atoms with Crippen molar-refractivity contribution in [2.45, 2.75) is 0 Å². The summed E-state index contributed by atoms with van der Waals surface area (Å²) >= 11 is 5.65. The van der Waals surface area contributed by atoms with Crippen molar-refractivity contribution in [3.63, 3.8) is 0 Å². The summed E-state index contributed by atoms with van der Waals surface area (Å²) in [6.45, 7) is 0. The van der Waals surface area contributed by atoms with E-state index in [4.69, 9.17) is 11.6 Å². The lowest BCUT2D eigenvalue weighted by Gasteiger charge is -2.06. The second kappa shape index (κ2) is 5.22. The molecule has 2 aromatic heterocycles. The molecule has 0 radical (unpaired) electrons. The number of amides is 1. The van der Waals surface area contributed by atoms with Crippen LogP contribution in [-0.2, 0) is 0 Å². The van der Waals surface area contributed by atoms with Crippen molar-refractivity contribution in [3.05, 3.63) is 59.6 Å². The molecule has 1 aromatic carbocycles. The molecule has 0 aliphatic rings. The fourth-order valence-electron chi connectivity index (χ4n) is 1.85. The van der Waals surface area contributed by atoms with Crippen LogP contribution in [-0.4, -0.2) is 20.9 Å². The van der Waals surface area contributed by atoms with E-state index in [9.17, 15) is 4.79 Å². The minimum atomic E-state index is -0.286. The number of aromatic nitrogens is 3. The van der Waals surface area contributed by atoms with Gasteiger partial charge in [0, 0.05) is 11.6 Å². The number of anilines is 1. The van der Waals surface area contributed by atoms with Gasteiger partial charge in [-0.1, -0.05) is 29.8 Å². The highest BCUT2D eigenvalue weighted by molar-refractivity contribution is 6.29. The summed E-state index contributed by atoms with van der Waals surface area (Å²) < 4.78 is 0. The Kier molecular flexibility index (Phi) is 3.26. The molecule has 0 fully saturated rings. The first-order valence-electron chi connectivity index (χ1n) is 5.87. The fourth-order valence-corrected chi connectivity index (χ4v) is 1.95. The number of rotatable bonds is 2. The molecule has 0 aliphatic heterocycles. The number of carbonyl (C=O) groups excluding carboxylic acids is 1. The van der Waals surface area contributed by atoms with Gasteiger partial charge in [-0.15, -0.1) is 0 Å². The lowest BCUT2D eigenvalue weighted by molar-refractivity contribution is 0.102. The molecule has 6 heteroatoms. The third-order valence-electron chi connectivity index (χ3n) is 2.74. The fraction of sp³-hybridized carbons (Fsp3) is 0. The second-order valence-electron chi connectivity index (χ2n) is 4.06. The number of halogens is 1. The maximum absolute atomic E-state index is 12.3. The Labute approximate surface area is 119 Å². The second-order valence-corrected chi connectivity index (χ2v) is 4.45. The monoisotopic (exact) mass is 284 g/mol. The van der Waals surface area contributed by atoms with Gasteiger partial charge < -0.3 is 5.32 Å². The van der Waals surface area contributed by atoms with Gasteiger partial charge in [-0.3, -0.25) is 9.78 Å². The van der Waals surface area contributed by atoms with Crippen LogP contribution in [0.1, 0.15) is 10.4 Å². The molecule has 0 spiro atoms. The van der Waals surface area contributed by atoms with Gasteiger partial charge in [0.2, 0.25) is 0 Å². The molecule has 5 nitrogen and oxygen atoms in total. The average molecular weight is 285 g/mol. The highest BCUT2D eigenvalue weighted by Crippen LogP contribution is 2.17. The number of para-hydroxylation sites is 1. The predicted octanol–water partition coefficient (Wildman–Crippen LogP) is 2.93. The molecule has 1 amide bonds. The zero-order valence-electron chi connectivity index (χ0n) is 10.2. The normalized spacial score (nSPS) is 10.4. The number of carbonyl (C=O) groups is 1. The van der Waals surface area contributed by atoms with E-state index in [2.05, 4.69) is 20.3 Å². The lowest BCUT2D eigenvalue weighted by atomic mass is 10.1. The van der Waals surface area contributed by atoms with Crippen LogP contribution in [0, 0.1) is 0 Å². The Morgan fingerprint density at radius 3 is 2.70 bits per heavy atom. The van der Waals surface area contributed by atoms with Gasteiger partial charge >= 0.3 is 0 Å². The standard InChI is InChI=1S/C14H9ClN4O/c15-11-7-18-12(8-17-11)19-14(20)10-5-1-3-9-4-2-6-16-13(9)10/h1-8H,(H,18,19,20). The Bertz CT molecular complexity index is 768. The summed E-state index contributed by atoms with van der Waals surface area (Å²) in [7, 11) is 0. The van der Waals surface area contributed by atoms with Gasteiger partial charge in [-0.05, 0) is 12.1 Å². The van der Waals surface area contributed by atoms with E-state index < -0.39 is 0 Å². The van der Waals surface area contributed by atoms with Crippen LogP contribution >= 0.6 is 11.6 Å². The van der Waals surface area contributed by atoms with Crippen LogP contribution in [0.25, 0.3) is 10.9 Å². The molecule has 1 N–H and O–H groups in total. The molecular weight excluding hydrogens is 276 g/mol. The molecule has 0 atom stereocenters. The van der Waals surface area contributed by atoms with E-state index in [1.807, 2.05) is 24.3 Å². The first kappa shape index (κ1) is 12.5. The molecule has 3 rings (SSSR count). The Balaban J connectivity index is 1.94. The largest absolute Gasteiger partial charge is 0.305 e. The SMILES string of the molecule is O=C(Nc1cnc(Cl)cn1)c1cccc2cccnc12. The van der Waals surface area contributed by atoms with Crippen molar-refractivity contribution in [2.75, 3.05) is 5.32 Å². The highest BCUT2D eigenvalue weighted by Gasteiger charge is 2.11. The summed E-state index contributed by atoms with van der Waals surface area (Å²) in [4.78, 5) is 24.3.